The van der Waals surface area contributed by atoms with Gasteiger partial charge in [-0.1, -0.05) is 18.5 Å². The molecule has 1 aliphatic heterocycles. The Kier molecular flexibility index (Phi) is 5.11. The van der Waals surface area contributed by atoms with Gasteiger partial charge in [0.2, 0.25) is 0 Å². The van der Waals surface area contributed by atoms with Crippen molar-refractivity contribution in [2.75, 3.05) is 11.4 Å². The van der Waals surface area contributed by atoms with Gasteiger partial charge in [-0.15, -0.1) is 11.3 Å². The summed E-state index contributed by atoms with van der Waals surface area (Å²) in [6.45, 7) is 6.05. The van der Waals surface area contributed by atoms with E-state index >= 15 is 0 Å². The highest BCUT2D eigenvalue weighted by Crippen LogP contribution is 2.36. The second-order valence-electron chi connectivity index (χ2n) is 5.89. The molecule has 0 fully saturated rings. The Bertz CT molecular complexity index is 847. The molecule has 2 aromatic rings. The van der Waals surface area contributed by atoms with E-state index in [0.717, 1.165) is 23.3 Å². The van der Waals surface area contributed by atoms with Crippen LogP contribution < -0.4 is 4.90 Å². The second kappa shape index (κ2) is 7.14. The maximum absolute atomic E-state index is 13.0. The van der Waals surface area contributed by atoms with Crippen LogP contribution in [0.4, 0.5) is 5.82 Å². The molecule has 0 unspecified atom stereocenters. The quantitative estimate of drug-likeness (QED) is 0.756. The number of fused-ring (bicyclic) bond motifs is 1. The summed E-state index contributed by atoms with van der Waals surface area (Å²) in [6.07, 6.45) is 3.27. The number of nitrogens with zero attached hydrogens (tertiary/aromatic N) is 2. The summed E-state index contributed by atoms with van der Waals surface area (Å²) in [5.74, 6) is 0.000916. The minimum absolute atomic E-state index is 0.00233. The Morgan fingerprint density at radius 1 is 1.48 bits per heavy atom. The number of thiophene rings is 1. The van der Waals surface area contributed by atoms with Gasteiger partial charge < -0.3 is 4.74 Å². The highest BCUT2D eigenvalue weighted by Gasteiger charge is 2.32. The minimum atomic E-state index is -0.403. The zero-order chi connectivity index (χ0) is 18.1. The number of amides is 1. The summed E-state index contributed by atoms with van der Waals surface area (Å²) in [5, 5.41) is 0.432. The first-order valence-electron chi connectivity index (χ1n) is 8.13. The molecule has 1 amide bonds. The number of aromatic nitrogens is 1. The number of rotatable bonds is 4. The van der Waals surface area contributed by atoms with Crippen LogP contribution in [0.25, 0.3) is 0 Å². The van der Waals surface area contributed by atoms with Gasteiger partial charge in [0, 0.05) is 24.5 Å². The second-order valence-corrected chi connectivity index (χ2v) is 7.41. The van der Waals surface area contributed by atoms with E-state index in [2.05, 4.69) is 18.8 Å². The zero-order valence-corrected chi connectivity index (χ0v) is 16.0. The van der Waals surface area contributed by atoms with Crippen LogP contribution in [-0.4, -0.2) is 23.4 Å². The number of carbonyl (C=O) groups is 2. The molecule has 132 valence electrons. The van der Waals surface area contributed by atoms with E-state index < -0.39 is 5.97 Å². The van der Waals surface area contributed by atoms with Crippen LogP contribution in [0.2, 0.25) is 5.02 Å². The number of hydrogen-bond acceptors (Lipinski definition) is 5. The van der Waals surface area contributed by atoms with Crippen LogP contribution >= 0.6 is 22.9 Å². The largest absolute Gasteiger partial charge is 0.461 e. The van der Waals surface area contributed by atoms with Crippen LogP contribution in [0.1, 0.15) is 45.1 Å². The van der Waals surface area contributed by atoms with Gasteiger partial charge in [0.05, 0.1) is 15.5 Å². The van der Waals surface area contributed by atoms with Crippen LogP contribution in [0, 0.1) is 6.92 Å². The van der Waals surface area contributed by atoms with Gasteiger partial charge in [0.15, 0.2) is 0 Å². The molecule has 0 aliphatic carbocycles. The van der Waals surface area contributed by atoms with E-state index in [0.29, 0.717) is 22.9 Å². The van der Waals surface area contributed by atoms with E-state index in [-0.39, 0.29) is 12.5 Å². The number of hydrogen-bond donors (Lipinski definition) is 0. The molecule has 0 atom stereocenters. The van der Waals surface area contributed by atoms with E-state index in [9.17, 15) is 9.59 Å². The van der Waals surface area contributed by atoms with E-state index in [1.165, 1.54) is 17.4 Å². The van der Waals surface area contributed by atoms with Crippen molar-refractivity contribution in [2.24, 2.45) is 0 Å². The summed E-state index contributed by atoms with van der Waals surface area (Å²) in [6, 6.07) is 1.63. The lowest BCUT2D eigenvalue weighted by Crippen LogP contribution is -2.38. The van der Waals surface area contributed by atoms with Crippen molar-refractivity contribution in [3.05, 3.63) is 43.7 Å². The minimum Gasteiger partial charge on any atom is -0.461 e. The molecule has 5 nitrogen and oxygen atoms in total. The molecule has 0 bridgehead atoms. The Balaban J connectivity index is 1.99. The molecule has 0 saturated carbocycles. The summed E-state index contributed by atoms with van der Waals surface area (Å²) in [5.41, 5.74) is 2.93. The maximum Gasteiger partial charge on any atom is 0.302 e. The summed E-state index contributed by atoms with van der Waals surface area (Å²) in [4.78, 5) is 32.2. The number of ether oxygens (including phenoxy) is 1. The molecule has 0 N–H and O–H groups in total. The molecular weight excluding hydrogens is 360 g/mol. The van der Waals surface area contributed by atoms with Gasteiger partial charge in [-0.05, 0) is 37.0 Å². The van der Waals surface area contributed by atoms with Crippen molar-refractivity contribution in [1.82, 2.24) is 4.98 Å². The van der Waals surface area contributed by atoms with Crippen molar-refractivity contribution in [2.45, 2.75) is 40.2 Å². The summed E-state index contributed by atoms with van der Waals surface area (Å²) in [7, 11) is 0. The first-order chi connectivity index (χ1) is 11.9. The third kappa shape index (κ3) is 3.28. The van der Waals surface area contributed by atoms with Crippen LogP contribution in [-0.2, 0) is 29.0 Å². The van der Waals surface area contributed by atoms with Crippen molar-refractivity contribution in [1.29, 1.82) is 0 Å². The Hall–Kier alpha value is -1.92. The molecule has 1 aliphatic rings. The number of carbonyl (C=O) groups excluding carboxylic acids is 2. The normalized spacial score (nSPS) is 13.8. The molecule has 0 saturated heterocycles. The average molecular weight is 379 g/mol. The van der Waals surface area contributed by atoms with Gasteiger partial charge in [0.1, 0.15) is 12.4 Å². The molecular formula is C18H19ClN2O3S. The van der Waals surface area contributed by atoms with Crippen molar-refractivity contribution in [3.63, 3.8) is 0 Å². The van der Waals surface area contributed by atoms with Crippen LogP contribution in [0.3, 0.4) is 0 Å². The molecule has 0 aromatic carbocycles. The summed E-state index contributed by atoms with van der Waals surface area (Å²) < 4.78 is 5.09. The lowest BCUT2D eigenvalue weighted by Gasteiger charge is -2.28. The highest BCUT2D eigenvalue weighted by molar-refractivity contribution is 7.14. The van der Waals surface area contributed by atoms with Crippen molar-refractivity contribution in [3.8, 4) is 0 Å². The Labute approximate surface area is 155 Å². The number of halogens is 1. The number of esters is 1. The monoisotopic (exact) mass is 378 g/mol. The number of anilines is 1. The fourth-order valence-corrected chi connectivity index (χ4v) is 4.50. The first kappa shape index (κ1) is 17.9. The van der Waals surface area contributed by atoms with E-state index in [4.69, 9.17) is 16.3 Å². The smallest absolute Gasteiger partial charge is 0.302 e. The van der Waals surface area contributed by atoms with Gasteiger partial charge in [-0.3, -0.25) is 14.5 Å². The number of pyridine rings is 1. The van der Waals surface area contributed by atoms with E-state index in [1.807, 2.05) is 0 Å². The van der Waals surface area contributed by atoms with Crippen LogP contribution in [0.15, 0.2) is 12.3 Å². The lowest BCUT2D eigenvalue weighted by molar-refractivity contribution is -0.142. The Morgan fingerprint density at radius 2 is 2.24 bits per heavy atom. The first-order valence-corrected chi connectivity index (χ1v) is 9.33. The summed E-state index contributed by atoms with van der Waals surface area (Å²) >= 11 is 7.82. The van der Waals surface area contributed by atoms with Crippen molar-refractivity contribution >= 4 is 40.6 Å². The number of aryl methyl sites for hydroxylation is 1. The molecule has 3 rings (SSSR count). The lowest BCUT2D eigenvalue weighted by atomic mass is 10.0. The molecule has 2 aromatic heterocycles. The SMILES string of the molecule is CCc1sc2c(c1C)CCN(c1nccc(Cl)c1COC(C)=O)C2=O. The topological polar surface area (TPSA) is 59.5 Å². The highest BCUT2D eigenvalue weighted by atomic mass is 35.5. The van der Waals surface area contributed by atoms with Gasteiger partial charge in [-0.2, -0.15) is 0 Å². The average Bonchev–Trinajstić information content (AvgIpc) is 2.91. The third-order valence-corrected chi connectivity index (χ3v) is 6.19. The fraction of sp³-hybridized carbons (Fsp3) is 0.389. The zero-order valence-electron chi connectivity index (χ0n) is 14.4. The van der Waals surface area contributed by atoms with Gasteiger partial charge in [0.25, 0.3) is 5.91 Å². The standard InChI is InChI=1S/C18H19ClN2O3S/c1-4-15-10(2)12-6-8-21(18(23)16(12)25-15)17-13(9-24-11(3)22)14(19)5-7-20-17/h5,7H,4,6,8-9H2,1-3H3. The molecule has 25 heavy (non-hydrogen) atoms. The van der Waals surface area contributed by atoms with Crippen molar-refractivity contribution < 1.29 is 14.3 Å². The maximum atomic E-state index is 13.0. The molecule has 0 spiro atoms. The molecule has 7 heteroatoms. The molecule has 3 heterocycles. The van der Waals surface area contributed by atoms with Crippen LogP contribution in [0.5, 0.6) is 0 Å². The third-order valence-electron chi connectivity index (χ3n) is 4.37. The fourth-order valence-electron chi connectivity index (χ4n) is 3.06. The predicted molar refractivity (Wildman–Crippen MR) is 98.5 cm³/mol. The van der Waals surface area contributed by atoms with Gasteiger partial charge >= 0.3 is 5.97 Å². The predicted octanol–water partition coefficient (Wildman–Crippen LogP) is 3.93. The van der Waals surface area contributed by atoms with E-state index in [1.54, 1.807) is 28.5 Å². The molecule has 0 radical (unpaired) electrons. The van der Waals surface area contributed by atoms with Gasteiger partial charge in [-0.25, -0.2) is 4.98 Å². The Morgan fingerprint density at radius 3 is 2.92 bits per heavy atom.